The number of allylic oxidation sites excluding steroid dienone is 1. The van der Waals surface area contributed by atoms with Gasteiger partial charge in [-0.1, -0.05) is 12.1 Å². The van der Waals surface area contributed by atoms with Crippen LogP contribution in [0.5, 0.6) is 11.5 Å². The molecule has 0 atom stereocenters. The van der Waals surface area contributed by atoms with Crippen LogP contribution in [0.1, 0.15) is 27.0 Å². The fraction of sp³-hybridized carbons (Fsp3) is 0.0800. The molecule has 0 heterocycles. The summed E-state index contributed by atoms with van der Waals surface area (Å²) >= 11 is 0. The van der Waals surface area contributed by atoms with Gasteiger partial charge in [-0.25, -0.2) is 4.85 Å². The van der Waals surface area contributed by atoms with E-state index in [0.717, 1.165) is 22.8 Å². The van der Waals surface area contributed by atoms with Crippen LogP contribution in [-0.2, 0) is 0 Å². The molecule has 0 bridgehead atoms. The quantitative estimate of drug-likeness (QED) is 0.197. The Kier molecular flexibility index (Phi) is 6.90. The lowest BCUT2D eigenvalue weighted by Gasteiger charge is -2.16. The van der Waals surface area contributed by atoms with E-state index in [9.17, 15) is 14.9 Å². The third-order valence-electron chi connectivity index (χ3n) is 4.88. The molecule has 9 heteroatoms. The zero-order valence-electron chi connectivity index (χ0n) is 18.3. The molecule has 0 unspecified atom stereocenters. The molecule has 0 aliphatic carbocycles. The second-order valence-corrected chi connectivity index (χ2v) is 7.32. The van der Waals surface area contributed by atoms with Gasteiger partial charge in [-0.15, -0.1) is 0 Å². The highest BCUT2D eigenvalue weighted by Gasteiger charge is 2.23. The summed E-state index contributed by atoms with van der Waals surface area (Å²) in [5.74, 6) is -0.377. The van der Waals surface area contributed by atoms with Crippen LogP contribution < -0.4 is 15.8 Å². The van der Waals surface area contributed by atoms with Crippen molar-refractivity contribution in [3.63, 3.8) is 0 Å². The van der Waals surface area contributed by atoms with Gasteiger partial charge in [-0.2, -0.15) is 5.26 Å². The lowest BCUT2D eigenvalue weighted by Crippen LogP contribution is -2.13. The second kappa shape index (κ2) is 9.98. The molecule has 0 radical (unpaired) electrons. The molecule has 0 spiro atoms. The minimum absolute atomic E-state index is 0.0462. The molecule has 168 valence electrons. The number of benzene rings is 3. The van der Waals surface area contributed by atoms with Crippen molar-refractivity contribution in [3.8, 4) is 17.6 Å². The molecule has 3 N–H and O–H groups in total. The molecular weight excluding hydrogens is 434 g/mol. The molecule has 3 aromatic rings. The van der Waals surface area contributed by atoms with Crippen LogP contribution in [0.25, 0.3) is 10.9 Å². The Morgan fingerprint density at radius 1 is 1.21 bits per heavy atom. The largest absolute Gasteiger partial charge is 0.456 e. The summed E-state index contributed by atoms with van der Waals surface area (Å²) in [5, 5.41) is 23.4. The van der Waals surface area contributed by atoms with Gasteiger partial charge < -0.3 is 15.8 Å². The van der Waals surface area contributed by atoms with E-state index in [4.69, 9.17) is 22.3 Å². The lowest BCUT2D eigenvalue weighted by molar-refractivity contribution is -0.384. The first kappa shape index (κ1) is 23.5. The zero-order valence-corrected chi connectivity index (χ0v) is 18.3. The van der Waals surface area contributed by atoms with E-state index in [0.29, 0.717) is 17.1 Å². The Morgan fingerprint density at radius 2 is 1.85 bits per heavy atom. The fourth-order valence-electron chi connectivity index (χ4n) is 3.36. The third-order valence-corrected chi connectivity index (χ3v) is 4.88. The number of hydrogen-bond acceptors (Lipinski definition) is 6. The zero-order chi connectivity index (χ0) is 24.8. The average molecular weight is 453 g/mol. The number of nitrogens with one attached hydrogen (secondary N) is 1. The topological polar surface area (TPSA) is 136 Å². The Balaban J connectivity index is 2.09. The van der Waals surface area contributed by atoms with E-state index in [1.54, 1.807) is 44.2 Å². The van der Waals surface area contributed by atoms with Gasteiger partial charge in [-0.3, -0.25) is 14.9 Å². The molecular formula is C25H19N5O4. The highest BCUT2D eigenvalue weighted by atomic mass is 16.6. The van der Waals surface area contributed by atoms with E-state index in [-0.39, 0.29) is 22.7 Å². The molecule has 0 aliphatic heterocycles. The van der Waals surface area contributed by atoms with E-state index in [1.807, 2.05) is 18.2 Å². The fourth-order valence-corrected chi connectivity index (χ4v) is 3.36. The van der Waals surface area contributed by atoms with Crippen molar-refractivity contribution >= 4 is 34.7 Å². The van der Waals surface area contributed by atoms with Crippen molar-refractivity contribution in [1.29, 1.82) is 5.26 Å². The summed E-state index contributed by atoms with van der Waals surface area (Å²) in [6.45, 7) is 10.7. The maximum Gasteiger partial charge on any atom is 0.293 e. The average Bonchev–Trinajstić information content (AvgIpc) is 2.80. The molecule has 0 fully saturated rings. The van der Waals surface area contributed by atoms with E-state index >= 15 is 0 Å². The summed E-state index contributed by atoms with van der Waals surface area (Å²) < 4.78 is 6.05. The van der Waals surface area contributed by atoms with Crippen LogP contribution in [0.3, 0.4) is 0 Å². The van der Waals surface area contributed by atoms with E-state index in [2.05, 4.69) is 10.2 Å². The van der Waals surface area contributed by atoms with Crippen LogP contribution in [0, 0.1) is 41.9 Å². The summed E-state index contributed by atoms with van der Waals surface area (Å²) in [4.78, 5) is 26.5. The number of carbonyl (C=O) groups is 1. The Morgan fingerprint density at radius 3 is 2.38 bits per heavy atom. The molecule has 0 aromatic heterocycles. The number of anilines is 2. The number of nitrogens with two attached hydrogens (primary N) is 1. The summed E-state index contributed by atoms with van der Waals surface area (Å²) in [6, 6.07) is 14.4. The van der Waals surface area contributed by atoms with Gasteiger partial charge in [0.05, 0.1) is 23.1 Å². The summed E-state index contributed by atoms with van der Waals surface area (Å²) in [5.41, 5.74) is 8.27. The molecule has 3 aromatic carbocycles. The van der Waals surface area contributed by atoms with Gasteiger partial charge in [-0.05, 0) is 60.9 Å². The molecule has 34 heavy (non-hydrogen) atoms. The van der Waals surface area contributed by atoms with E-state index in [1.165, 1.54) is 12.1 Å². The van der Waals surface area contributed by atoms with E-state index < -0.39 is 10.8 Å². The monoisotopic (exact) mass is 453 g/mol. The van der Waals surface area contributed by atoms with Crippen molar-refractivity contribution in [2.24, 2.45) is 5.73 Å². The number of hydrogen-bond donors (Lipinski definition) is 2. The Hall–Kier alpha value is -5.15. The van der Waals surface area contributed by atoms with Crippen molar-refractivity contribution in [2.75, 3.05) is 5.32 Å². The number of carbonyl (C=O) groups excluding carboxylic acids is 1. The predicted molar refractivity (Wildman–Crippen MR) is 128 cm³/mol. The number of nitro benzene ring substituents is 1. The van der Waals surface area contributed by atoms with Gasteiger partial charge in [0, 0.05) is 23.9 Å². The summed E-state index contributed by atoms with van der Waals surface area (Å²) in [6.07, 6.45) is 3.02. The van der Waals surface area contributed by atoms with Crippen LogP contribution in [-0.4, -0.2) is 10.8 Å². The van der Waals surface area contributed by atoms with Crippen molar-refractivity contribution in [3.05, 3.63) is 98.4 Å². The number of primary amides is 1. The molecule has 1 amide bonds. The highest BCUT2D eigenvalue weighted by molar-refractivity contribution is 5.98. The van der Waals surface area contributed by atoms with Crippen molar-refractivity contribution in [1.82, 2.24) is 0 Å². The molecule has 0 saturated heterocycles. The van der Waals surface area contributed by atoms with Crippen LogP contribution in [0.15, 0.2) is 54.6 Å². The number of amides is 1. The summed E-state index contributed by atoms with van der Waals surface area (Å²) in [7, 11) is 0. The van der Waals surface area contributed by atoms with Crippen LogP contribution in [0.4, 0.5) is 22.7 Å². The third kappa shape index (κ3) is 5.18. The standard InChI is InChI=1S/C25H19N5O4/c1-15-11-17(5-4-10-26)12-16(2)24(15)34-23-14-21(22(30(32)33)13-20(23)25(27)31)29-19-8-6-18(28-3)7-9-19/h4-9,11-14,29H,1-2H3,(H2,27,31)/b5-4+. The predicted octanol–water partition coefficient (Wildman–Crippen LogP) is 5.93. The highest BCUT2D eigenvalue weighted by Crippen LogP contribution is 2.39. The number of nitrogens with zero attached hydrogens (tertiary/aromatic N) is 3. The first-order valence-electron chi connectivity index (χ1n) is 9.95. The number of rotatable bonds is 7. The first-order chi connectivity index (χ1) is 16.2. The smallest absolute Gasteiger partial charge is 0.293 e. The Bertz CT molecular complexity index is 1370. The van der Waals surface area contributed by atoms with Crippen molar-refractivity contribution in [2.45, 2.75) is 13.8 Å². The minimum Gasteiger partial charge on any atom is -0.456 e. The molecule has 9 nitrogen and oxygen atoms in total. The second-order valence-electron chi connectivity index (χ2n) is 7.32. The van der Waals surface area contributed by atoms with Gasteiger partial charge in [0.25, 0.3) is 11.6 Å². The maximum absolute atomic E-state index is 12.1. The first-order valence-corrected chi connectivity index (χ1v) is 9.95. The van der Waals surface area contributed by atoms with Crippen molar-refractivity contribution < 1.29 is 14.5 Å². The van der Waals surface area contributed by atoms with Crippen LogP contribution >= 0.6 is 0 Å². The number of aryl methyl sites for hydroxylation is 2. The van der Waals surface area contributed by atoms with Gasteiger partial charge >= 0.3 is 0 Å². The molecule has 0 aliphatic rings. The number of nitriles is 1. The minimum atomic E-state index is -0.880. The molecule has 0 saturated carbocycles. The van der Waals surface area contributed by atoms with Gasteiger partial charge in [0.1, 0.15) is 17.2 Å². The maximum atomic E-state index is 12.1. The number of ether oxygens (including phenoxy) is 1. The van der Waals surface area contributed by atoms with Crippen LogP contribution in [0.2, 0.25) is 0 Å². The normalized spacial score (nSPS) is 10.4. The lowest BCUT2D eigenvalue weighted by atomic mass is 10.0. The number of nitro groups is 1. The van der Waals surface area contributed by atoms with Gasteiger partial charge in [0.2, 0.25) is 0 Å². The molecule has 3 rings (SSSR count). The SMILES string of the molecule is [C-]#[N+]c1ccc(Nc2cc(Oc3c(C)cc(/C=C/C#N)cc3C)c(C(N)=O)cc2[N+](=O)[O-])cc1. The van der Waals surface area contributed by atoms with Gasteiger partial charge in [0.15, 0.2) is 5.69 Å². The Labute approximate surface area is 195 Å².